The number of aliphatic imine (C=N–C) groups is 2. The summed E-state index contributed by atoms with van der Waals surface area (Å²) in [4.78, 5) is 34.0. The maximum absolute atomic E-state index is 12.7. The van der Waals surface area contributed by atoms with Gasteiger partial charge < -0.3 is 0 Å². The number of nitrogens with zero attached hydrogens (tertiary/aromatic N) is 2. The first-order valence-electron chi connectivity index (χ1n) is 9.75. The van der Waals surface area contributed by atoms with Crippen molar-refractivity contribution in [1.82, 2.24) is 7.08 Å². The van der Waals surface area contributed by atoms with Crippen molar-refractivity contribution in [1.29, 1.82) is 0 Å². The Balaban J connectivity index is 1.96. The van der Waals surface area contributed by atoms with Gasteiger partial charge in [-0.1, -0.05) is 0 Å². The Morgan fingerprint density at radius 2 is 1.63 bits per heavy atom. The third kappa shape index (κ3) is 6.40. The molecule has 0 aliphatic carbocycles. The predicted molar refractivity (Wildman–Crippen MR) is 122 cm³/mol. The zero-order chi connectivity index (χ0) is 21.7. The normalized spacial score (nSPS) is 19.1. The van der Waals surface area contributed by atoms with Crippen LogP contribution in [0.2, 0.25) is 0 Å². The molecule has 0 radical (unpaired) electrons. The summed E-state index contributed by atoms with van der Waals surface area (Å²) in [5, 5.41) is 0.211. The number of aryl methyl sites for hydroxylation is 1. The van der Waals surface area contributed by atoms with Crippen molar-refractivity contribution in [3.05, 3.63) is 44.3 Å². The van der Waals surface area contributed by atoms with Gasteiger partial charge in [-0.3, -0.25) is 0 Å². The summed E-state index contributed by atoms with van der Waals surface area (Å²) in [5.74, 6) is 0.378. The van der Waals surface area contributed by atoms with Crippen molar-refractivity contribution < 1.29 is 8.83 Å². The second-order valence-electron chi connectivity index (χ2n) is 7.13. The maximum atomic E-state index is 12.7. The third-order valence-electron chi connectivity index (χ3n) is 4.57. The van der Waals surface area contributed by atoms with Crippen LogP contribution in [0.4, 0.5) is 0 Å². The van der Waals surface area contributed by atoms with Crippen LogP contribution in [0.15, 0.2) is 40.5 Å². The van der Waals surface area contributed by atoms with Crippen LogP contribution in [-0.2, 0) is 0 Å². The zero-order valence-corrected chi connectivity index (χ0v) is 21.3. The Labute approximate surface area is 185 Å². The molecule has 30 heavy (non-hydrogen) atoms. The summed E-state index contributed by atoms with van der Waals surface area (Å²) in [6.07, 6.45) is 1.88. The molecule has 1 aliphatic rings. The fourth-order valence-electron chi connectivity index (χ4n) is 3.10. The van der Waals surface area contributed by atoms with Crippen LogP contribution in [0, 0.1) is 6.92 Å². The predicted octanol–water partition coefficient (Wildman–Crippen LogP) is 2.58. The molecule has 3 heterocycles. The van der Waals surface area contributed by atoms with E-state index in [-0.39, 0.29) is 16.5 Å². The summed E-state index contributed by atoms with van der Waals surface area (Å²) < 4.78 is 17.0. The van der Waals surface area contributed by atoms with E-state index in [1.165, 1.54) is 12.1 Å². The second kappa shape index (κ2) is 10.4. The van der Waals surface area contributed by atoms with Gasteiger partial charge in [0.15, 0.2) is 0 Å². The minimum absolute atomic E-state index is 0.203. The molecule has 0 unspecified atom stereocenters. The van der Waals surface area contributed by atoms with Crippen LogP contribution < -0.4 is 18.3 Å². The van der Waals surface area contributed by atoms with Gasteiger partial charge in [0.05, 0.1) is 0 Å². The van der Waals surface area contributed by atoms with Crippen LogP contribution in [0.3, 0.4) is 0 Å². The second-order valence-corrected chi connectivity index (χ2v) is 21.3. The average Bonchev–Trinajstić information content (AvgIpc) is 2.65. The molecule has 2 aromatic rings. The standard InChI is InChI=1S/C19H24N4O4.2ClH.Sn/c1-12(22-7-3-5-20)9-16(23-8-4-6-21)14-11-15-17(27-18(14)24)10-13(2)26-19(15)25;;;/h10-11,20-21H,3-9H2,1-2H3;2*1H;/q-2;;;+4/p-2. The Hall–Kier alpha value is -1.20. The van der Waals surface area contributed by atoms with E-state index >= 15 is 0 Å². The molecule has 0 bridgehead atoms. The number of hydrogen-bond donors (Lipinski definition) is 2. The van der Waals surface area contributed by atoms with Crippen molar-refractivity contribution in [3.8, 4) is 0 Å². The van der Waals surface area contributed by atoms with Crippen LogP contribution in [0.25, 0.3) is 11.0 Å². The summed E-state index contributed by atoms with van der Waals surface area (Å²) in [6.45, 7) is 5.90. The molecule has 0 saturated carbocycles. The molecular formula is C19H24Cl2N4O4Sn. The molecule has 2 N–H and O–H groups in total. The molecule has 1 aliphatic heterocycles. The van der Waals surface area contributed by atoms with Crippen molar-refractivity contribution in [2.45, 2.75) is 33.1 Å². The quantitative estimate of drug-likeness (QED) is 0.518. The van der Waals surface area contributed by atoms with Gasteiger partial charge in [-0.05, 0) is 6.92 Å². The van der Waals surface area contributed by atoms with Crippen LogP contribution in [0.5, 0.6) is 0 Å². The molecule has 0 spiro atoms. The van der Waals surface area contributed by atoms with Gasteiger partial charge in [0.2, 0.25) is 0 Å². The number of rotatable bonds is 1. The van der Waals surface area contributed by atoms with Gasteiger partial charge in [-0.25, -0.2) is 0 Å². The van der Waals surface area contributed by atoms with E-state index in [2.05, 4.69) is 17.1 Å². The number of fused-ring (bicyclic) bond motifs is 1. The summed E-state index contributed by atoms with van der Waals surface area (Å²) in [6, 6.07) is 3.03. The van der Waals surface area contributed by atoms with E-state index in [0.29, 0.717) is 50.5 Å². The Bertz CT molecular complexity index is 1090. The molecule has 3 rings (SSSR count). The van der Waals surface area contributed by atoms with Gasteiger partial charge in [0, 0.05) is 0 Å². The molecule has 0 fully saturated rings. The average molecular weight is 562 g/mol. The summed E-state index contributed by atoms with van der Waals surface area (Å²) >= 11 is -3.47. The van der Waals surface area contributed by atoms with E-state index in [1.54, 1.807) is 6.92 Å². The molecule has 8 nitrogen and oxygen atoms in total. The molecular weight excluding hydrogens is 538 g/mol. The van der Waals surface area contributed by atoms with E-state index in [0.717, 1.165) is 12.1 Å². The van der Waals surface area contributed by atoms with E-state index in [1.807, 2.05) is 6.92 Å². The first-order chi connectivity index (χ1) is 14.2. The Morgan fingerprint density at radius 3 is 2.33 bits per heavy atom. The zero-order valence-electron chi connectivity index (χ0n) is 16.9. The van der Waals surface area contributed by atoms with Gasteiger partial charge in [-0.2, -0.15) is 0 Å². The van der Waals surface area contributed by atoms with Crippen LogP contribution >= 0.6 is 17.8 Å². The molecule has 11 heteroatoms. The van der Waals surface area contributed by atoms with Gasteiger partial charge in [-0.15, -0.1) is 0 Å². The molecule has 0 saturated heterocycles. The molecule has 0 amide bonds. The topological polar surface area (TPSA) is 109 Å². The first kappa shape index (κ1) is 23.5. The molecule has 162 valence electrons. The van der Waals surface area contributed by atoms with Gasteiger partial charge in [0.1, 0.15) is 0 Å². The van der Waals surface area contributed by atoms with Crippen molar-refractivity contribution in [2.75, 3.05) is 26.2 Å². The van der Waals surface area contributed by atoms with E-state index in [4.69, 9.17) is 26.7 Å². The number of halogens is 2. The molecule has 0 aromatic carbocycles. The summed E-state index contributed by atoms with van der Waals surface area (Å²) in [7, 11) is 12.8. The van der Waals surface area contributed by atoms with Gasteiger partial charge >= 0.3 is 179 Å². The third-order valence-corrected chi connectivity index (χ3v) is 12.1. The van der Waals surface area contributed by atoms with Crippen LogP contribution in [-0.4, -0.2) is 54.3 Å². The summed E-state index contributed by atoms with van der Waals surface area (Å²) in [5.41, 5.74) is 0.734. The molecule has 2 aromatic heterocycles. The number of nitrogens with one attached hydrogen (secondary N) is 2. The fraction of sp³-hybridized carbons (Fsp3) is 0.474. The minimum atomic E-state index is -3.47. The van der Waals surface area contributed by atoms with E-state index < -0.39 is 27.9 Å². The fourth-order valence-corrected chi connectivity index (χ4v) is 8.79. The van der Waals surface area contributed by atoms with E-state index in [9.17, 15) is 9.59 Å². The Morgan fingerprint density at radius 1 is 0.967 bits per heavy atom. The SMILES string of the molecule is CC1=NCCC[NH][Sn]([Cl])([Cl])[NH]CCCN=C(c2cc3c(=O)oc(C)cc3oc2=O)C1. The molecule has 0 atom stereocenters. The van der Waals surface area contributed by atoms with Crippen LogP contribution in [0.1, 0.15) is 37.5 Å². The monoisotopic (exact) mass is 562 g/mol. The number of hydrogen-bond acceptors (Lipinski definition) is 8. The first-order valence-corrected chi connectivity index (χ1v) is 19.8. The van der Waals surface area contributed by atoms with Gasteiger partial charge in [0.25, 0.3) is 0 Å². The Kier molecular flexibility index (Phi) is 8.14. The van der Waals surface area contributed by atoms with Crippen molar-refractivity contribution in [3.63, 3.8) is 0 Å². The van der Waals surface area contributed by atoms with Crippen molar-refractivity contribution >= 4 is 56.9 Å². The van der Waals surface area contributed by atoms with Crippen molar-refractivity contribution in [2.24, 2.45) is 9.98 Å².